The number of nitrogens with zero attached hydrogens (tertiary/aromatic N) is 1. The number of carbonyl (C=O) groups is 1. The molecule has 1 heterocycles. The fourth-order valence-corrected chi connectivity index (χ4v) is 3.59. The quantitative estimate of drug-likeness (QED) is 0.790. The molecule has 1 saturated carbocycles. The molecule has 0 bridgehead atoms. The molecule has 0 spiro atoms. The van der Waals surface area contributed by atoms with E-state index in [1.165, 1.54) is 0 Å². The SMILES string of the molecule is C=C(C)CC(C)C(=O)NC1CC(N2CCOCC2)C1(C)C. The highest BCUT2D eigenvalue weighted by Crippen LogP contribution is 2.44. The molecule has 2 rings (SSSR count). The zero-order valence-corrected chi connectivity index (χ0v) is 13.9. The van der Waals surface area contributed by atoms with Crippen LogP contribution in [-0.2, 0) is 9.53 Å². The standard InChI is InChI=1S/C17H30N2O2/c1-12(2)10-13(3)16(20)18-14-11-15(17(14,4)5)19-6-8-21-9-7-19/h13-15H,1,6-11H2,2-5H3,(H,18,20). The van der Waals surface area contributed by atoms with Crippen molar-refractivity contribution in [3.05, 3.63) is 12.2 Å². The second-order valence-corrected chi connectivity index (χ2v) is 7.34. The van der Waals surface area contributed by atoms with Gasteiger partial charge in [-0.2, -0.15) is 0 Å². The van der Waals surface area contributed by atoms with Crippen molar-refractivity contribution in [2.45, 2.75) is 52.6 Å². The molecule has 120 valence electrons. The Morgan fingerprint density at radius 3 is 2.57 bits per heavy atom. The van der Waals surface area contributed by atoms with Crippen molar-refractivity contribution in [3.8, 4) is 0 Å². The highest BCUT2D eigenvalue weighted by atomic mass is 16.5. The average molecular weight is 294 g/mol. The Hall–Kier alpha value is -0.870. The molecule has 1 amide bonds. The molecule has 3 unspecified atom stereocenters. The third-order valence-electron chi connectivity index (χ3n) is 5.12. The first-order chi connectivity index (χ1) is 9.82. The van der Waals surface area contributed by atoms with Gasteiger partial charge in [0.2, 0.25) is 5.91 Å². The number of hydrogen-bond acceptors (Lipinski definition) is 3. The van der Waals surface area contributed by atoms with Gasteiger partial charge in [0, 0.05) is 36.5 Å². The smallest absolute Gasteiger partial charge is 0.223 e. The van der Waals surface area contributed by atoms with Crippen LogP contribution in [-0.4, -0.2) is 49.2 Å². The number of allylic oxidation sites excluding steroid dienone is 1. The summed E-state index contributed by atoms with van der Waals surface area (Å²) in [5.41, 5.74) is 1.20. The highest BCUT2D eigenvalue weighted by Gasteiger charge is 2.51. The number of amides is 1. The van der Waals surface area contributed by atoms with Gasteiger partial charge < -0.3 is 10.1 Å². The van der Waals surface area contributed by atoms with Crippen LogP contribution in [0.3, 0.4) is 0 Å². The van der Waals surface area contributed by atoms with Crippen LogP contribution in [0.2, 0.25) is 0 Å². The van der Waals surface area contributed by atoms with Gasteiger partial charge in [-0.25, -0.2) is 0 Å². The van der Waals surface area contributed by atoms with E-state index in [2.05, 4.69) is 30.6 Å². The Balaban J connectivity index is 1.86. The van der Waals surface area contributed by atoms with E-state index in [1.807, 2.05) is 13.8 Å². The van der Waals surface area contributed by atoms with Crippen molar-refractivity contribution in [2.24, 2.45) is 11.3 Å². The lowest BCUT2D eigenvalue weighted by atomic mass is 9.62. The lowest BCUT2D eigenvalue weighted by molar-refractivity contribution is -0.131. The number of nitrogens with one attached hydrogen (secondary N) is 1. The van der Waals surface area contributed by atoms with Crippen molar-refractivity contribution in [1.82, 2.24) is 10.2 Å². The Bertz CT molecular complexity index is 400. The van der Waals surface area contributed by atoms with Gasteiger partial charge in [0.15, 0.2) is 0 Å². The summed E-state index contributed by atoms with van der Waals surface area (Å²) < 4.78 is 5.43. The van der Waals surface area contributed by atoms with Gasteiger partial charge in [-0.05, 0) is 19.8 Å². The zero-order chi connectivity index (χ0) is 15.6. The first-order valence-corrected chi connectivity index (χ1v) is 8.09. The monoisotopic (exact) mass is 294 g/mol. The van der Waals surface area contributed by atoms with E-state index in [0.717, 1.165) is 44.7 Å². The summed E-state index contributed by atoms with van der Waals surface area (Å²) in [5.74, 6) is 0.178. The van der Waals surface area contributed by atoms with E-state index < -0.39 is 0 Å². The van der Waals surface area contributed by atoms with Gasteiger partial charge in [-0.1, -0.05) is 26.3 Å². The van der Waals surface area contributed by atoms with Gasteiger partial charge in [0.05, 0.1) is 13.2 Å². The molecular weight excluding hydrogens is 264 g/mol. The van der Waals surface area contributed by atoms with E-state index in [0.29, 0.717) is 6.04 Å². The number of morpholine rings is 1. The molecule has 21 heavy (non-hydrogen) atoms. The van der Waals surface area contributed by atoms with Crippen molar-refractivity contribution >= 4 is 5.91 Å². The molecule has 4 heteroatoms. The lowest BCUT2D eigenvalue weighted by Gasteiger charge is -2.57. The van der Waals surface area contributed by atoms with Crippen LogP contribution in [0.25, 0.3) is 0 Å². The average Bonchev–Trinajstić information content (AvgIpc) is 2.42. The lowest BCUT2D eigenvalue weighted by Crippen LogP contribution is -2.68. The third kappa shape index (κ3) is 3.67. The molecule has 0 aromatic rings. The van der Waals surface area contributed by atoms with Crippen LogP contribution in [0.5, 0.6) is 0 Å². The maximum absolute atomic E-state index is 12.3. The second-order valence-electron chi connectivity index (χ2n) is 7.34. The van der Waals surface area contributed by atoms with Gasteiger partial charge in [0.1, 0.15) is 0 Å². The predicted molar refractivity (Wildman–Crippen MR) is 85.1 cm³/mol. The Morgan fingerprint density at radius 1 is 1.43 bits per heavy atom. The largest absolute Gasteiger partial charge is 0.379 e. The minimum absolute atomic E-state index is 0.0146. The summed E-state index contributed by atoms with van der Waals surface area (Å²) in [4.78, 5) is 14.8. The van der Waals surface area contributed by atoms with Crippen LogP contribution in [0.4, 0.5) is 0 Å². The van der Waals surface area contributed by atoms with Crippen LogP contribution < -0.4 is 5.32 Å². The molecule has 1 N–H and O–H groups in total. The number of carbonyl (C=O) groups excluding carboxylic acids is 1. The van der Waals surface area contributed by atoms with Crippen LogP contribution >= 0.6 is 0 Å². The minimum Gasteiger partial charge on any atom is -0.379 e. The topological polar surface area (TPSA) is 41.6 Å². The zero-order valence-electron chi connectivity index (χ0n) is 13.9. The summed E-state index contributed by atoms with van der Waals surface area (Å²) in [7, 11) is 0. The molecule has 4 nitrogen and oxygen atoms in total. The summed E-state index contributed by atoms with van der Waals surface area (Å²) in [6, 6.07) is 0.841. The number of ether oxygens (including phenoxy) is 1. The van der Waals surface area contributed by atoms with E-state index in [-0.39, 0.29) is 23.3 Å². The molecule has 3 atom stereocenters. The summed E-state index contributed by atoms with van der Waals surface area (Å²) in [6.45, 7) is 16.1. The fraction of sp³-hybridized carbons (Fsp3) is 0.824. The molecule has 0 aromatic heterocycles. The molecule has 1 aliphatic heterocycles. The van der Waals surface area contributed by atoms with E-state index in [1.54, 1.807) is 0 Å². The van der Waals surface area contributed by atoms with Crippen LogP contribution in [0, 0.1) is 11.3 Å². The van der Waals surface area contributed by atoms with E-state index >= 15 is 0 Å². The maximum atomic E-state index is 12.3. The minimum atomic E-state index is 0.0146. The first-order valence-electron chi connectivity index (χ1n) is 8.09. The van der Waals surface area contributed by atoms with Gasteiger partial charge >= 0.3 is 0 Å². The van der Waals surface area contributed by atoms with Crippen molar-refractivity contribution in [3.63, 3.8) is 0 Å². The molecule has 1 saturated heterocycles. The maximum Gasteiger partial charge on any atom is 0.223 e. The van der Waals surface area contributed by atoms with Crippen molar-refractivity contribution in [1.29, 1.82) is 0 Å². The van der Waals surface area contributed by atoms with Gasteiger partial charge in [-0.3, -0.25) is 9.69 Å². The van der Waals surface area contributed by atoms with Crippen LogP contribution in [0.15, 0.2) is 12.2 Å². The normalized spacial score (nSPS) is 30.3. The first kappa shape index (κ1) is 16.5. The molecule has 2 aliphatic rings. The Morgan fingerprint density at radius 2 is 2.05 bits per heavy atom. The highest BCUT2D eigenvalue weighted by molar-refractivity contribution is 5.79. The summed E-state index contributed by atoms with van der Waals surface area (Å²) in [5, 5.41) is 3.24. The van der Waals surface area contributed by atoms with Crippen molar-refractivity contribution < 1.29 is 9.53 Å². The van der Waals surface area contributed by atoms with Gasteiger partial charge in [0.25, 0.3) is 0 Å². The van der Waals surface area contributed by atoms with Gasteiger partial charge in [-0.15, -0.1) is 6.58 Å². The molecule has 0 aromatic carbocycles. The van der Waals surface area contributed by atoms with Crippen molar-refractivity contribution in [2.75, 3.05) is 26.3 Å². The van der Waals surface area contributed by atoms with E-state index in [9.17, 15) is 4.79 Å². The van der Waals surface area contributed by atoms with E-state index in [4.69, 9.17) is 4.74 Å². The summed E-state index contributed by atoms with van der Waals surface area (Å²) in [6.07, 6.45) is 1.82. The third-order valence-corrected chi connectivity index (χ3v) is 5.12. The second kappa shape index (κ2) is 6.49. The summed E-state index contributed by atoms with van der Waals surface area (Å²) >= 11 is 0. The molecule has 0 radical (unpaired) electrons. The molecular formula is C17H30N2O2. The number of hydrogen-bond donors (Lipinski definition) is 1. The molecule has 2 fully saturated rings. The Labute approximate surface area is 128 Å². The fourth-order valence-electron chi connectivity index (χ4n) is 3.59. The number of rotatable bonds is 5. The predicted octanol–water partition coefficient (Wildman–Crippen LogP) is 2.20. The Kier molecular flexibility index (Phi) is 5.10. The molecule has 1 aliphatic carbocycles. The van der Waals surface area contributed by atoms with Crippen LogP contribution in [0.1, 0.15) is 40.5 Å².